The molecule has 0 radical (unpaired) electrons. The molecular formula is C12H18F2N2O3Sn. The molecule has 0 bridgehead atoms. The van der Waals surface area contributed by atoms with Gasteiger partial charge in [-0.2, -0.15) is 0 Å². The van der Waals surface area contributed by atoms with Gasteiger partial charge in [-0.1, -0.05) is 0 Å². The third-order valence-electron chi connectivity index (χ3n) is 2.38. The second kappa shape index (κ2) is 5.42. The van der Waals surface area contributed by atoms with Crippen LogP contribution in [0.25, 0.3) is 0 Å². The monoisotopic (exact) mass is 396 g/mol. The van der Waals surface area contributed by atoms with Crippen LogP contribution in [0.2, 0.25) is 14.8 Å². The van der Waals surface area contributed by atoms with Crippen molar-refractivity contribution in [3.8, 4) is 5.75 Å². The van der Waals surface area contributed by atoms with Crippen molar-refractivity contribution in [2.45, 2.75) is 41.2 Å². The Balaban J connectivity index is 3.74. The minimum atomic E-state index is -3.14. The van der Waals surface area contributed by atoms with Crippen LogP contribution in [0.15, 0.2) is 0 Å². The Morgan fingerprint density at radius 3 is 2.05 bits per heavy atom. The van der Waals surface area contributed by atoms with Gasteiger partial charge in [0.1, 0.15) is 0 Å². The molecule has 1 aromatic heterocycles. The standard InChI is InChI=1S/C9H9F2N2O3.3CH3.Sn/c1-9(2,3)16-5-4-6(10)12-8(11)7(5)13(14)15;;;;/h1-3H3;3*1H3;. The zero-order valence-electron chi connectivity index (χ0n) is 12.4. The van der Waals surface area contributed by atoms with Gasteiger partial charge < -0.3 is 0 Å². The topological polar surface area (TPSA) is 65.3 Å². The molecule has 0 saturated carbocycles. The number of hydrogen-bond donors (Lipinski definition) is 0. The summed E-state index contributed by atoms with van der Waals surface area (Å²) in [6, 6.07) is 0. The Morgan fingerprint density at radius 2 is 1.70 bits per heavy atom. The molecule has 5 nitrogen and oxygen atoms in total. The van der Waals surface area contributed by atoms with Gasteiger partial charge in [0, 0.05) is 0 Å². The van der Waals surface area contributed by atoms with E-state index in [0.717, 1.165) is 0 Å². The summed E-state index contributed by atoms with van der Waals surface area (Å²) in [5, 5.41) is 11.1. The molecule has 1 heterocycles. The first-order valence-electron chi connectivity index (χ1n) is 6.07. The number of pyridine rings is 1. The molecule has 0 atom stereocenters. The van der Waals surface area contributed by atoms with E-state index < -0.39 is 46.5 Å². The number of nitrogens with zero attached hydrogens (tertiary/aromatic N) is 2. The van der Waals surface area contributed by atoms with E-state index in [4.69, 9.17) is 4.74 Å². The average molecular weight is 395 g/mol. The zero-order valence-corrected chi connectivity index (χ0v) is 15.2. The molecule has 0 aromatic carbocycles. The van der Waals surface area contributed by atoms with Gasteiger partial charge in [-0.15, -0.1) is 0 Å². The SMILES string of the molecule is CC(C)(C)Oc1c([N+](=O)[O-])c(F)nc(F)[c]1[Sn]([CH3])([CH3])[CH3]. The van der Waals surface area contributed by atoms with Crippen molar-refractivity contribution >= 4 is 27.6 Å². The summed E-state index contributed by atoms with van der Waals surface area (Å²) in [7, 11) is 0. The molecule has 0 saturated heterocycles. The van der Waals surface area contributed by atoms with Crippen LogP contribution in [0.1, 0.15) is 20.8 Å². The Bertz CT molecular complexity index is 551. The van der Waals surface area contributed by atoms with Gasteiger partial charge in [0.25, 0.3) is 0 Å². The van der Waals surface area contributed by atoms with Crippen LogP contribution in [0.4, 0.5) is 14.5 Å². The van der Waals surface area contributed by atoms with Gasteiger partial charge >= 0.3 is 120 Å². The summed E-state index contributed by atoms with van der Waals surface area (Å²) in [5.41, 5.74) is -1.69. The number of halogens is 2. The molecule has 0 aliphatic carbocycles. The first-order chi connectivity index (χ1) is 8.84. The number of rotatable bonds is 3. The van der Waals surface area contributed by atoms with Crippen molar-refractivity contribution in [2.24, 2.45) is 0 Å². The summed E-state index contributed by atoms with van der Waals surface area (Å²) in [6.45, 7) is 4.98. The Morgan fingerprint density at radius 1 is 1.20 bits per heavy atom. The molecule has 0 aliphatic heterocycles. The van der Waals surface area contributed by atoms with Gasteiger partial charge in [0.15, 0.2) is 0 Å². The molecular weight excluding hydrogens is 377 g/mol. The molecule has 0 aliphatic rings. The van der Waals surface area contributed by atoms with E-state index in [2.05, 4.69) is 4.98 Å². The van der Waals surface area contributed by atoms with Gasteiger partial charge in [-0.05, 0) is 0 Å². The van der Waals surface area contributed by atoms with Crippen LogP contribution in [-0.4, -0.2) is 33.9 Å². The second-order valence-corrected chi connectivity index (χ2v) is 20.7. The molecule has 8 heteroatoms. The van der Waals surface area contributed by atoms with Crippen molar-refractivity contribution in [1.82, 2.24) is 4.98 Å². The third kappa shape index (κ3) is 3.77. The van der Waals surface area contributed by atoms with E-state index >= 15 is 0 Å². The first-order valence-corrected chi connectivity index (χ1v) is 16.1. The Labute approximate surface area is 120 Å². The van der Waals surface area contributed by atoms with E-state index in [0.29, 0.717) is 0 Å². The van der Waals surface area contributed by atoms with Crippen molar-refractivity contribution in [3.63, 3.8) is 0 Å². The summed E-state index contributed by atoms with van der Waals surface area (Å²) in [4.78, 5) is 18.8. The molecule has 0 unspecified atom stereocenters. The van der Waals surface area contributed by atoms with E-state index in [9.17, 15) is 18.9 Å². The minimum absolute atomic E-state index is 0.0994. The molecule has 0 spiro atoms. The number of hydrogen-bond acceptors (Lipinski definition) is 4. The summed E-state index contributed by atoms with van der Waals surface area (Å²) in [5.74, 6) is -2.77. The van der Waals surface area contributed by atoms with Crippen molar-refractivity contribution < 1.29 is 18.4 Å². The van der Waals surface area contributed by atoms with Gasteiger partial charge in [0.2, 0.25) is 0 Å². The quantitative estimate of drug-likeness (QED) is 0.342. The molecule has 20 heavy (non-hydrogen) atoms. The molecule has 0 N–H and O–H groups in total. The molecule has 0 fully saturated rings. The number of aromatic nitrogens is 1. The van der Waals surface area contributed by atoms with Crippen LogP contribution >= 0.6 is 0 Å². The summed E-state index contributed by atoms with van der Waals surface area (Å²) >= 11 is -3.14. The number of ether oxygens (including phenoxy) is 1. The van der Waals surface area contributed by atoms with Gasteiger partial charge in [-0.3, -0.25) is 0 Å². The fourth-order valence-electron chi connectivity index (χ4n) is 1.71. The normalized spacial score (nSPS) is 12.4. The number of nitro groups is 1. The summed E-state index contributed by atoms with van der Waals surface area (Å²) < 4.78 is 33.3. The Hall–Kier alpha value is -0.991. The van der Waals surface area contributed by atoms with E-state index in [1.54, 1.807) is 20.8 Å². The summed E-state index contributed by atoms with van der Waals surface area (Å²) in [6.07, 6.45) is 0. The Kier molecular flexibility index (Phi) is 4.62. The van der Waals surface area contributed by atoms with Crippen molar-refractivity contribution in [2.75, 3.05) is 0 Å². The van der Waals surface area contributed by atoms with Crippen molar-refractivity contribution in [3.05, 3.63) is 22.0 Å². The van der Waals surface area contributed by atoms with Crippen LogP contribution in [0.5, 0.6) is 5.75 Å². The molecule has 1 rings (SSSR count). The average Bonchev–Trinajstić information content (AvgIpc) is 2.09. The predicted molar refractivity (Wildman–Crippen MR) is 74.2 cm³/mol. The third-order valence-corrected chi connectivity index (χ3v) is 7.90. The molecule has 1 aromatic rings. The van der Waals surface area contributed by atoms with E-state index in [-0.39, 0.29) is 9.33 Å². The van der Waals surface area contributed by atoms with Crippen LogP contribution in [0.3, 0.4) is 0 Å². The fraction of sp³-hybridized carbons (Fsp3) is 0.583. The van der Waals surface area contributed by atoms with Crippen LogP contribution in [-0.2, 0) is 0 Å². The van der Waals surface area contributed by atoms with Crippen molar-refractivity contribution in [1.29, 1.82) is 0 Å². The van der Waals surface area contributed by atoms with Gasteiger partial charge in [0.05, 0.1) is 0 Å². The van der Waals surface area contributed by atoms with Crippen LogP contribution in [0, 0.1) is 22.0 Å². The molecule has 112 valence electrons. The van der Waals surface area contributed by atoms with E-state index in [1.165, 1.54) is 0 Å². The zero-order chi connectivity index (χ0) is 15.9. The molecule has 0 amide bonds. The van der Waals surface area contributed by atoms with Gasteiger partial charge in [-0.25, -0.2) is 0 Å². The fourth-order valence-corrected chi connectivity index (χ4v) is 6.07. The first kappa shape index (κ1) is 17.1. The predicted octanol–water partition coefficient (Wildman–Crippen LogP) is 2.99. The second-order valence-electron chi connectivity index (χ2n) is 6.47. The maximum absolute atomic E-state index is 14.0. The maximum atomic E-state index is 14.0. The van der Waals surface area contributed by atoms with E-state index in [1.807, 2.05) is 14.8 Å². The van der Waals surface area contributed by atoms with Crippen LogP contribution < -0.4 is 8.32 Å².